The monoisotopic (exact) mass is 316 g/mol. The van der Waals surface area contributed by atoms with Crippen molar-refractivity contribution < 1.29 is 9.59 Å². The molecule has 1 heterocycles. The number of amides is 2. The molecule has 124 valence electrons. The van der Waals surface area contributed by atoms with Crippen molar-refractivity contribution in [3.63, 3.8) is 0 Å². The minimum Gasteiger partial charge on any atom is -0.351 e. The third-order valence-corrected chi connectivity index (χ3v) is 3.90. The Morgan fingerprint density at radius 1 is 1.26 bits per heavy atom. The molecule has 2 amide bonds. The molecule has 0 bridgehead atoms. The van der Waals surface area contributed by atoms with Crippen molar-refractivity contribution in [3.8, 4) is 0 Å². The number of nitrogens with zero attached hydrogens (tertiary/aromatic N) is 2. The fourth-order valence-corrected chi connectivity index (χ4v) is 2.56. The number of hydrogen-bond acceptors (Lipinski definition) is 3. The second-order valence-electron chi connectivity index (χ2n) is 5.55. The number of nitrogens with one attached hydrogen (secondary N) is 2. The summed E-state index contributed by atoms with van der Waals surface area (Å²) in [6, 6.07) is 5.83. The second-order valence-corrected chi connectivity index (χ2v) is 5.55. The minimum absolute atomic E-state index is 0.130. The van der Waals surface area contributed by atoms with Gasteiger partial charge in [0.15, 0.2) is 5.69 Å². The molecule has 2 rings (SSSR count). The zero-order valence-corrected chi connectivity index (χ0v) is 14.0. The summed E-state index contributed by atoms with van der Waals surface area (Å²) in [4.78, 5) is 25.9. The van der Waals surface area contributed by atoms with Gasteiger partial charge in [-0.2, -0.15) is 5.10 Å². The van der Waals surface area contributed by atoms with Gasteiger partial charge in [0, 0.05) is 31.4 Å². The number of fused-ring (bicyclic) bond motifs is 1. The first-order chi connectivity index (χ1) is 11.1. The maximum absolute atomic E-state index is 12.2. The molecular weight excluding hydrogens is 292 g/mol. The first kappa shape index (κ1) is 17.0. The van der Waals surface area contributed by atoms with Crippen LogP contribution in [0.2, 0.25) is 0 Å². The number of carbonyl (C=O) groups excluding carboxylic acids is 2. The largest absolute Gasteiger partial charge is 0.351 e. The van der Waals surface area contributed by atoms with Crippen LogP contribution in [0.4, 0.5) is 0 Å². The fourth-order valence-electron chi connectivity index (χ4n) is 2.56. The van der Waals surface area contributed by atoms with Gasteiger partial charge < -0.3 is 10.2 Å². The van der Waals surface area contributed by atoms with Gasteiger partial charge in [0.05, 0.1) is 5.52 Å². The molecule has 0 saturated heterocycles. The Hall–Kier alpha value is -2.37. The lowest BCUT2D eigenvalue weighted by atomic mass is 10.1. The Morgan fingerprint density at radius 3 is 2.70 bits per heavy atom. The zero-order valence-electron chi connectivity index (χ0n) is 14.0. The van der Waals surface area contributed by atoms with Crippen molar-refractivity contribution in [2.45, 2.75) is 33.6 Å². The summed E-state index contributed by atoms with van der Waals surface area (Å²) in [5.41, 5.74) is 2.33. The van der Waals surface area contributed by atoms with Crippen LogP contribution in [0.25, 0.3) is 10.9 Å². The number of H-pyrrole nitrogens is 1. The van der Waals surface area contributed by atoms with E-state index in [0.717, 1.165) is 29.6 Å². The molecule has 0 spiro atoms. The van der Waals surface area contributed by atoms with Crippen LogP contribution in [0.5, 0.6) is 0 Å². The van der Waals surface area contributed by atoms with Crippen molar-refractivity contribution in [2.24, 2.45) is 0 Å². The molecule has 0 fully saturated rings. The molecule has 0 saturated carbocycles. The molecular formula is C17H24N4O2. The van der Waals surface area contributed by atoms with Crippen LogP contribution >= 0.6 is 0 Å². The van der Waals surface area contributed by atoms with E-state index in [-0.39, 0.29) is 11.8 Å². The Balaban J connectivity index is 1.87. The highest BCUT2D eigenvalue weighted by Gasteiger charge is 2.14. The number of carbonyl (C=O) groups is 2. The van der Waals surface area contributed by atoms with Gasteiger partial charge in [0.25, 0.3) is 5.91 Å². The van der Waals surface area contributed by atoms with Gasteiger partial charge in [0.1, 0.15) is 0 Å². The maximum atomic E-state index is 12.2. The number of benzene rings is 1. The Bertz CT molecular complexity index is 689. The van der Waals surface area contributed by atoms with Crippen LogP contribution in [0, 0.1) is 6.92 Å². The van der Waals surface area contributed by atoms with Crippen LogP contribution in [0.1, 0.15) is 42.7 Å². The van der Waals surface area contributed by atoms with Gasteiger partial charge in [-0.3, -0.25) is 14.7 Å². The summed E-state index contributed by atoms with van der Waals surface area (Å²) < 4.78 is 0. The lowest BCUT2D eigenvalue weighted by Gasteiger charge is -2.18. The molecule has 0 aliphatic carbocycles. The van der Waals surface area contributed by atoms with Gasteiger partial charge in [-0.25, -0.2) is 0 Å². The highest BCUT2D eigenvalue weighted by Crippen LogP contribution is 2.17. The normalized spacial score (nSPS) is 10.7. The summed E-state index contributed by atoms with van der Waals surface area (Å²) in [6.07, 6.45) is 1.07. The average Bonchev–Trinajstić information content (AvgIpc) is 2.95. The third-order valence-electron chi connectivity index (χ3n) is 3.90. The molecule has 23 heavy (non-hydrogen) atoms. The highest BCUT2D eigenvalue weighted by atomic mass is 16.2. The fraction of sp³-hybridized carbons (Fsp3) is 0.471. The molecule has 0 aliphatic heterocycles. The number of aromatic amines is 1. The number of aryl methyl sites for hydroxylation is 1. The van der Waals surface area contributed by atoms with E-state index in [4.69, 9.17) is 0 Å². The maximum Gasteiger partial charge on any atom is 0.272 e. The van der Waals surface area contributed by atoms with E-state index in [2.05, 4.69) is 15.5 Å². The SMILES string of the molecule is CCN(CC)C(=O)CCCNC(=O)c1n[nH]c2ccc(C)cc12. The topological polar surface area (TPSA) is 78.1 Å². The standard InChI is InChI=1S/C17H24N4O2/c1-4-21(5-2)15(22)7-6-10-18-17(23)16-13-11-12(3)8-9-14(13)19-20-16/h8-9,11H,4-7,10H2,1-3H3,(H,18,23)(H,19,20). The molecule has 0 atom stereocenters. The summed E-state index contributed by atoms with van der Waals surface area (Å²) in [5, 5.41) is 10.6. The van der Waals surface area contributed by atoms with E-state index in [9.17, 15) is 9.59 Å². The Morgan fingerprint density at radius 2 is 2.00 bits per heavy atom. The average molecular weight is 316 g/mol. The number of rotatable bonds is 7. The predicted molar refractivity (Wildman–Crippen MR) is 90.3 cm³/mol. The molecule has 6 nitrogen and oxygen atoms in total. The molecule has 6 heteroatoms. The molecule has 2 N–H and O–H groups in total. The van der Waals surface area contributed by atoms with Crippen molar-refractivity contribution in [3.05, 3.63) is 29.5 Å². The molecule has 1 aromatic carbocycles. The van der Waals surface area contributed by atoms with E-state index in [1.54, 1.807) is 4.90 Å². The highest BCUT2D eigenvalue weighted by molar-refractivity contribution is 6.04. The lowest BCUT2D eigenvalue weighted by molar-refractivity contribution is -0.130. The van der Waals surface area contributed by atoms with Crippen molar-refractivity contribution >= 4 is 22.7 Å². The number of aromatic nitrogens is 2. The first-order valence-electron chi connectivity index (χ1n) is 8.07. The molecule has 1 aromatic heterocycles. The van der Waals surface area contributed by atoms with E-state index < -0.39 is 0 Å². The molecule has 2 aromatic rings. The Kier molecular flexibility index (Phi) is 5.73. The lowest BCUT2D eigenvalue weighted by Crippen LogP contribution is -2.31. The van der Waals surface area contributed by atoms with E-state index in [1.807, 2.05) is 39.0 Å². The molecule has 0 aliphatic rings. The van der Waals surface area contributed by atoms with Crippen molar-refractivity contribution in [2.75, 3.05) is 19.6 Å². The summed E-state index contributed by atoms with van der Waals surface area (Å²) in [5.74, 6) is -0.0813. The van der Waals surface area contributed by atoms with Crippen LogP contribution in [0.15, 0.2) is 18.2 Å². The van der Waals surface area contributed by atoms with Crippen LogP contribution in [-0.4, -0.2) is 46.5 Å². The van der Waals surface area contributed by atoms with Gasteiger partial charge in [-0.05, 0) is 39.3 Å². The van der Waals surface area contributed by atoms with Crippen molar-refractivity contribution in [1.82, 2.24) is 20.4 Å². The summed E-state index contributed by atoms with van der Waals surface area (Å²) in [6.45, 7) is 7.82. The van der Waals surface area contributed by atoms with E-state index in [1.165, 1.54) is 0 Å². The summed E-state index contributed by atoms with van der Waals surface area (Å²) >= 11 is 0. The zero-order chi connectivity index (χ0) is 16.8. The van der Waals surface area contributed by atoms with E-state index in [0.29, 0.717) is 25.1 Å². The Labute approximate surface area is 136 Å². The smallest absolute Gasteiger partial charge is 0.272 e. The quantitative estimate of drug-likeness (QED) is 0.769. The van der Waals surface area contributed by atoms with Gasteiger partial charge in [-0.1, -0.05) is 11.6 Å². The minimum atomic E-state index is -0.211. The molecule has 0 radical (unpaired) electrons. The second kappa shape index (κ2) is 7.76. The van der Waals surface area contributed by atoms with Crippen LogP contribution in [-0.2, 0) is 4.79 Å². The van der Waals surface area contributed by atoms with Gasteiger partial charge in [0.2, 0.25) is 5.91 Å². The number of hydrogen-bond donors (Lipinski definition) is 2. The van der Waals surface area contributed by atoms with Crippen LogP contribution in [0.3, 0.4) is 0 Å². The van der Waals surface area contributed by atoms with Gasteiger partial charge in [-0.15, -0.1) is 0 Å². The predicted octanol–water partition coefficient (Wildman–Crippen LogP) is 2.25. The third kappa shape index (κ3) is 4.09. The first-order valence-corrected chi connectivity index (χ1v) is 8.07. The summed E-state index contributed by atoms with van der Waals surface area (Å²) in [7, 11) is 0. The van der Waals surface area contributed by atoms with Gasteiger partial charge >= 0.3 is 0 Å². The van der Waals surface area contributed by atoms with Crippen LogP contribution < -0.4 is 5.32 Å². The molecule has 0 unspecified atom stereocenters. The van der Waals surface area contributed by atoms with Crippen molar-refractivity contribution in [1.29, 1.82) is 0 Å². The van der Waals surface area contributed by atoms with E-state index >= 15 is 0 Å².